The second kappa shape index (κ2) is 6.37. The predicted octanol–water partition coefficient (Wildman–Crippen LogP) is 1.70. The van der Waals surface area contributed by atoms with E-state index >= 15 is 0 Å². The van der Waals surface area contributed by atoms with Crippen molar-refractivity contribution < 1.29 is 4.79 Å². The first-order chi connectivity index (χ1) is 10.9. The number of nitrogens with zero attached hydrogens (tertiary/aromatic N) is 5. The zero-order valence-electron chi connectivity index (χ0n) is 14.0. The first-order valence-corrected chi connectivity index (χ1v) is 8.62. The monoisotopic (exact) mass is 334 g/mol. The summed E-state index contributed by atoms with van der Waals surface area (Å²) >= 11 is 1.39. The second-order valence-corrected chi connectivity index (χ2v) is 7.39. The van der Waals surface area contributed by atoms with Crippen molar-refractivity contribution in [3.8, 4) is 0 Å². The van der Waals surface area contributed by atoms with Crippen molar-refractivity contribution in [3.05, 3.63) is 22.2 Å². The molecule has 2 aromatic rings. The van der Waals surface area contributed by atoms with Gasteiger partial charge in [0.2, 0.25) is 11.0 Å². The van der Waals surface area contributed by atoms with Crippen LogP contribution in [-0.2, 0) is 24.8 Å². The molecule has 1 aliphatic heterocycles. The van der Waals surface area contributed by atoms with Gasteiger partial charge >= 0.3 is 0 Å². The summed E-state index contributed by atoms with van der Waals surface area (Å²) in [5, 5.41) is 12.0. The summed E-state index contributed by atoms with van der Waals surface area (Å²) in [6.45, 7) is 8.12. The van der Waals surface area contributed by atoms with E-state index < -0.39 is 0 Å². The van der Waals surface area contributed by atoms with Gasteiger partial charge < -0.3 is 4.57 Å². The molecular weight excluding hydrogens is 312 g/mol. The van der Waals surface area contributed by atoms with Crippen LogP contribution in [0.2, 0.25) is 0 Å². The van der Waals surface area contributed by atoms with Crippen LogP contribution in [0.4, 0.5) is 5.13 Å². The van der Waals surface area contributed by atoms with Gasteiger partial charge in [-0.1, -0.05) is 25.2 Å². The van der Waals surface area contributed by atoms with Crippen molar-refractivity contribution in [3.63, 3.8) is 0 Å². The van der Waals surface area contributed by atoms with E-state index in [0.717, 1.165) is 36.0 Å². The number of amides is 1. The smallest absolute Gasteiger partial charge is 0.240 e. The fourth-order valence-electron chi connectivity index (χ4n) is 2.96. The summed E-state index contributed by atoms with van der Waals surface area (Å²) in [5.74, 6) is 1.47. The Morgan fingerprint density at radius 2 is 2.17 bits per heavy atom. The summed E-state index contributed by atoms with van der Waals surface area (Å²) in [4.78, 5) is 19.0. The Kier molecular flexibility index (Phi) is 4.45. The van der Waals surface area contributed by atoms with Crippen molar-refractivity contribution in [1.82, 2.24) is 24.6 Å². The van der Waals surface area contributed by atoms with Gasteiger partial charge in [0.15, 0.2) is 0 Å². The van der Waals surface area contributed by atoms with Crippen LogP contribution in [0, 0.1) is 6.92 Å². The van der Waals surface area contributed by atoms with Crippen LogP contribution in [0.5, 0.6) is 0 Å². The van der Waals surface area contributed by atoms with Gasteiger partial charge in [-0.3, -0.25) is 15.0 Å². The van der Waals surface area contributed by atoms with Gasteiger partial charge in [-0.25, -0.2) is 4.98 Å². The molecule has 0 saturated carbocycles. The zero-order valence-corrected chi connectivity index (χ0v) is 14.8. The molecule has 0 saturated heterocycles. The molecule has 0 spiro atoms. The van der Waals surface area contributed by atoms with Crippen molar-refractivity contribution in [2.75, 3.05) is 18.4 Å². The van der Waals surface area contributed by atoms with E-state index in [1.165, 1.54) is 17.0 Å². The van der Waals surface area contributed by atoms with Crippen LogP contribution in [0.1, 0.15) is 42.0 Å². The lowest BCUT2D eigenvalue weighted by Crippen LogP contribution is -2.37. The first-order valence-electron chi connectivity index (χ1n) is 7.80. The highest BCUT2D eigenvalue weighted by atomic mass is 32.1. The lowest BCUT2D eigenvalue weighted by atomic mass is 10.1. The number of carbonyl (C=O) groups excluding carboxylic acids is 1. The van der Waals surface area contributed by atoms with Crippen LogP contribution in [-0.4, -0.2) is 43.6 Å². The number of imidazole rings is 1. The van der Waals surface area contributed by atoms with E-state index in [1.54, 1.807) is 0 Å². The fraction of sp³-hybridized carbons (Fsp3) is 0.600. The average molecular weight is 334 g/mol. The third-order valence-corrected chi connectivity index (χ3v) is 4.78. The van der Waals surface area contributed by atoms with E-state index in [1.807, 2.05) is 6.92 Å². The van der Waals surface area contributed by atoms with Crippen LogP contribution >= 0.6 is 11.3 Å². The number of nitrogens with one attached hydrogen (secondary N) is 1. The number of hydrogen-bond donors (Lipinski definition) is 1. The van der Waals surface area contributed by atoms with Crippen LogP contribution in [0.15, 0.2) is 0 Å². The summed E-state index contributed by atoms with van der Waals surface area (Å²) in [5.41, 5.74) is 2.40. The highest BCUT2D eigenvalue weighted by Crippen LogP contribution is 2.23. The molecule has 3 rings (SSSR count). The van der Waals surface area contributed by atoms with Crippen molar-refractivity contribution in [2.24, 2.45) is 7.05 Å². The van der Waals surface area contributed by atoms with E-state index in [9.17, 15) is 4.79 Å². The molecule has 0 bridgehead atoms. The highest BCUT2D eigenvalue weighted by molar-refractivity contribution is 7.15. The van der Waals surface area contributed by atoms with Crippen molar-refractivity contribution in [2.45, 2.75) is 39.7 Å². The molecule has 2 aromatic heterocycles. The topological polar surface area (TPSA) is 75.9 Å². The van der Waals surface area contributed by atoms with Gasteiger partial charge in [0, 0.05) is 38.2 Å². The lowest BCUT2D eigenvalue weighted by molar-refractivity contribution is -0.117. The van der Waals surface area contributed by atoms with E-state index in [0.29, 0.717) is 17.6 Å². The Labute approximate surface area is 139 Å². The average Bonchev–Trinajstić information content (AvgIpc) is 3.02. The summed E-state index contributed by atoms with van der Waals surface area (Å²) < 4.78 is 2.21. The van der Waals surface area contributed by atoms with Gasteiger partial charge in [-0.05, 0) is 6.92 Å². The zero-order chi connectivity index (χ0) is 16.6. The fourth-order valence-corrected chi connectivity index (χ4v) is 3.57. The van der Waals surface area contributed by atoms with Gasteiger partial charge in [0.05, 0.1) is 12.2 Å². The molecule has 23 heavy (non-hydrogen) atoms. The molecule has 0 aromatic carbocycles. The number of rotatable bonds is 4. The SMILES string of the molecule is Cc1nnc(NC(=O)CN2CCc3c(nc(C(C)C)n3C)C2)s1. The highest BCUT2D eigenvalue weighted by Gasteiger charge is 2.24. The van der Waals surface area contributed by atoms with Crippen LogP contribution < -0.4 is 5.32 Å². The maximum Gasteiger partial charge on any atom is 0.240 e. The third kappa shape index (κ3) is 3.42. The standard InChI is InChI=1S/C15H22N6OS/c1-9(2)14-16-11-7-21(6-5-12(11)20(14)4)8-13(22)17-15-19-18-10(3)23-15/h9H,5-8H2,1-4H3,(H,17,19,22). The number of hydrogen-bond acceptors (Lipinski definition) is 6. The summed E-state index contributed by atoms with van der Waals surface area (Å²) in [6.07, 6.45) is 0.927. The molecule has 0 unspecified atom stereocenters. The first kappa shape index (κ1) is 16.1. The molecule has 8 heteroatoms. The molecule has 124 valence electrons. The van der Waals surface area contributed by atoms with Crippen LogP contribution in [0.3, 0.4) is 0 Å². The summed E-state index contributed by atoms with van der Waals surface area (Å²) in [6, 6.07) is 0. The number of aromatic nitrogens is 4. The van der Waals surface area contributed by atoms with Crippen molar-refractivity contribution >= 4 is 22.4 Å². The molecule has 1 N–H and O–H groups in total. The quantitative estimate of drug-likeness (QED) is 0.921. The lowest BCUT2D eigenvalue weighted by Gasteiger charge is -2.25. The molecule has 0 radical (unpaired) electrons. The number of carbonyl (C=O) groups is 1. The Bertz CT molecular complexity index is 720. The minimum absolute atomic E-state index is 0.0513. The number of fused-ring (bicyclic) bond motifs is 1. The molecule has 7 nitrogen and oxygen atoms in total. The maximum absolute atomic E-state index is 12.1. The third-order valence-electron chi connectivity index (χ3n) is 4.03. The molecule has 0 atom stereocenters. The minimum atomic E-state index is -0.0513. The molecule has 1 amide bonds. The van der Waals surface area contributed by atoms with E-state index in [4.69, 9.17) is 4.98 Å². The molecule has 0 aliphatic carbocycles. The minimum Gasteiger partial charge on any atom is -0.335 e. The van der Waals surface area contributed by atoms with Crippen LogP contribution in [0.25, 0.3) is 0 Å². The molecule has 1 aliphatic rings. The number of anilines is 1. The predicted molar refractivity (Wildman–Crippen MR) is 89.6 cm³/mol. The normalized spacial score (nSPS) is 15.0. The van der Waals surface area contributed by atoms with Gasteiger partial charge in [-0.15, -0.1) is 10.2 Å². The Hall–Kier alpha value is -1.80. The maximum atomic E-state index is 12.1. The van der Waals surface area contributed by atoms with Crippen molar-refractivity contribution in [1.29, 1.82) is 0 Å². The molecular formula is C15H22N6OS. The van der Waals surface area contributed by atoms with E-state index in [2.05, 4.69) is 45.9 Å². The largest absolute Gasteiger partial charge is 0.335 e. The second-order valence-electron chi connectivity index (χ2n) is 6.21. The Balaban J connectivity index is 1.63. The molecule has 0 fully saturated rings. The van der Waals surface area contributed by atoms with Gasteiger partial charge in [0.25, 0.3) is 0 Å². The summed E-state index contributed by atoms with van der Waals surface area (Å²) in [7, 11) is 2.08. The molecule has 3 heterocycles. The van der Waals surface area contributed by atoms with E-state index in [-0.39, 0.29) is 5.91 Å². The van der Waals surface area contributed by atoms with Gasteiger partial charge in [0.1, 0.15) is 10.8 Å². The Morgan fingerprint density at radius 1 is 1.39 bits per heavy atom. The number of aryl methyl sites for hydroxylation is 1. The Morgan fingerprint density at radius 3 is 2.83 bits per heavy atom. The van der Waals surface area contributed by atoms with Gasteiger partial charge in [-0.2, -0.15) is 0 Å².